The third kappa shape index (κ3) is 6.92. The molecule has 1 N–H and O–H groups in total. The van der Waals surface area contributed by atoms with E-state index in [0.29, 0.717) is 39.5 Å². The highest BCUT2D eigenvalue weighted by molar-refractivity contribution is 7.98. The van der Waals surface area contributed by atoms with Gasteiger partial charge in [0.2, 0.25) is 5.91 Å². The summed E-state index contributed by atoms with van der Waals surface area (Å²) >= 11 is 25.9. The van der Waals surface area contributed by atoms with Crippen molar-refractivity contribution in [2.45, 2.75) is 18.6 Å². The van der Waals surface area contributed by atoms with Gasteiger partial charge in [0.25, 0.3) is 0 Å². The Morgan fingerprint density at radius 2 is 1.72 bits per heavy atom. The Balaban J connectivity index is 1.65. The number of carbonyl (C=O) groups is 1. The molecule has 0 heterocycles. The fourth-order valence-corrected chi connectivity index (χ4v) is 4.18. The maximum absolute atomic E-state index is 11.9. The zero-order valence-electron chi connectivity index (χ0n) is 13.3. The van der Waals surface area contributed by atoms with Gasteiger partial charge in [0.05, 0.1) is 0 Å². The van der Waals surface area contributed by atoms with Crippen LogP contribution in [0.1, 0.15) is 17.5 Å². The van der Waals surface area contributed by atoms with Crippen molar-refractivity contribution in [1.82, 2.24) is 5.32 Å². The molecule has 25 heavy (non-hydrogen) atoms. The van der Waals surface area contributed by atoms with E-state index in [1.54, 1.807) is 36.0 Å². The normalized spacial score (nSPS) is 10.7. The fourth-order valence-electron chi connectivity index (χ4n) is 2.18. The highest BCUT2D eigenvalue weighted by Gasteiger charge is 2.08. The number of thioether (sulfide) groups is 1. The number of hydrogen-bond donors (Lipinski definition) is 1. The number of nitrogens with one attached hydrogen (secondary N) is 1. The second kappa shape index (κ2) is 10.5. The predicted octanol–water partition coefficient (Wildman–Crippen LogP) is 6.28. The molecule has 0 bridgehead atoms. The Morgan fingerprint density at radius 3 is 2.40 bits per heavy atom. The quantitative estimate of drug-likeness (QED) is 0.493. The van der Waals surface area contributed by atoms with Gasteiger partial charge in [0.1, 0.15) is 0 Å². The van der Waals surface area contributed by atoms with Crippen LogP contribution in [0.25, 0.3) is 0 Å². The number of carbonyl (C=O) groups excluding carboxylic acids is 1. The van der Waals surface area contributed by atoms with E-state index in [4.69, 9.17) is 46.4 Å². The predicted molar refractivity (Wildman–Crippen MR) is 110 cm³/mol. The van der Waals surface area contributed by atoms with E-state index in [2.05, 4.69) is 5.32 Å². The second-order valence-electron chi connectivity index (χ2n) is 5.34. The van der Waals surface area contributed by atoms with Crippen LogP contribution >= 0.6 is 58.2 Å². The van der Waals surface area contributed by atoms with E-state index in [-0.39, 0.29) is 5.91 Å². The fraction of sp³-hybridized carbons (Fsp3) is 0.278. The molecule has 0 saturated heterocycles. The average Bonchev–Trinajstić information content (AvgIpc) is 2.56. The number of halogens is 4. The first-order valence-electron chi connectivity index (χ1n) is 7.68. The lowest BCUT2D eigenvalue weighted by Gasteiger charge is -2.08. The second-order valence-corrected chi connectivity index (χ2v) is 8.10. The SMILES string of the molecule is O=C(CCc1c(Cl)cccc1Cl)NCCSCc1ccc(Cl)cc1Cl. The monoisotopic (exact) mass is 435 g/mol. The van der Waals surface area contributed by atoms with Gasteiger partial charge < -0.3 is 5.32 Å². The molecule has 2 aromatic carbocycles. The lowest BCUT2D eigenvalue weighted by Crippen LogP contribution is -2.26. The van der Waals surface area contributed by atoms with Crippen LogP contribution in [0, 0.1) is 0 Å². The molecule has 0 aliphatic heterocycles. The summed E-state index contributed by atoms with van der Waals surface area (Å²) in [6.07, 6.45) is 0.884. The van der Waals surface area contributed by atoms with Crippen LogP contribution in [0.4, 0.5) is 0 Å². The first-order chi connectivity index (χ1) is 12.0. The first kappa shape index (κ1) is 20.7. The molecule has 0 aliphatic carbocycles. The molecule has 1 amide bonds. The van der Waals surface area contributed by atoms with E-state index in [0.717, 1.165) is 22.6 Å². The van der Waals surface area contributed by atoms with Crippen LogP contribution in [-0.2, 0) is 17.0 Å². The molecule has 0 aromatic heterocycles. The summed E-state index contributed by atoms with van der Waals surface area (Å²) in [5.74, 6) is 1.57. The number of benzene rings is 2. The number of hydrogen-bond acceptors (Lipinski definition) is 2. The van der Waals surface area contributed by atoms with Crippen molar-refractivity contribution >= 4 is 64.1 Å². The van der Waals surface area contributed by atoms with E-state index >= 15 is 0 Å². The summed E-state index contributed by atoms with van der Waals surface area (Å²) in [7, 11) is 0. The maximum atomic E-state index is 11.9. The van der Waals surface area contributed by atoms with Gasteiger partial charge in [-0.3, -0.25) is 4.79 Å². The number of rotatable bonds is 8. The molecule has 0 spiro atoms. The largest absolute Gasteiger partial charge is 0.355 e. The van der Waals surface area contributed by atoms with Gasteiger partial charge in [0.15, 0.2) is 0 Å². The Labute approximate surface area is 172 Å². The molecule has 2 nitrogen and oxygen atoms in total. The number of amides is 1. The van der Waals surface area contributed by atoms with E-state index < -0.39 is 0 Å². The van der Waals surface area contributed by atoms with Crippen LogP contribution in [0.3, 0.4) is 0 Å². The van der Waals surface area contributed by atoms with E-state index in [9.17, 15) is 4.79 Å². The maximum Gasteiger partial charge on any atom is 0.220 e. The first-order valence-corrected chi connectivity index (χ1v) is 10.4. The van der Waals surface area contributed by atoms with E-state index in [1.807, 2.05) is 12.1 Å². The van der Waals surface area contributed by atoms with Gasteiger partial charge in [-0.25, -0.2) is 0 Å². The molecule has 0 radical (unpaired) electrons. The molecular weight excluding hydrogens is 420 g/mol. The van der Waals surface area contributed by atoms with Crippen LogP contribution in [0.5, 0.6) is 0 Å². The zero-order valence-corrected chi connectivity index (χ0v) is 17.2. The van der Waals surface area contributed by atoms with Gasteiger partial charge in [-0.1, -0.05) is 58.5 Å². The lowest BCUT2D eigenvalue weighted by molar-refractivity contribution is -0.120. The molecule has 134 valence electrons. The van der Waals surface area contributed by atoms with Crippen LogP contribution in [-0.4, -0.2) is 18.2 Å². The third-order valence-electron chi connectivity index (χ3n) is 3.50. The molecule has 7 heteroatoms. The Morgan fingerprint density at radius 1 is 1.00 bits per heavy atom. The highest BCUT2D eigenvalue weighted by Crippen LogP contribution is 2.26. The van der Waals surface area contributed by atoms with Crippen LogP contribution in [0.15, 0.2) is 36.4 Å². The van der Waals surface area contributed by atoms with Crippen LogP contribution in [0.2, 0.25) is 20.1 Å². The van der Waals surface area contributed by atoms with Crippen molar-refractivity contribution in [3.63, 3.8) is 0 Å². The Hall–Kier alpha value is -0.580. The molecule has 0 fully saturated rings. The summed E-state index contributed by atoms with van der Waals surface area (Å²) < 4.78 is 0. The van der Waals surface area contributed by atoms with Crippen molar-refractivity contribution in [3.05, 3.63) is 67.6 Å². The Bertz CT molecular complexity index is 719. The minimum atomic E-state index is -0.0129. The Kier molecular flexibility index (Phi) is 8.74. The molecule has 0 saturated carbocycles. The van der Waals surface area contributed by atoms with Crippen molar-refractivity contribution in [2.75, 3.05) is 12.3 Å². The molecular formula is C18H17Cl4NOS. The smallest absolute Gasteiger partial charge is 0.220 e. The standard InChI is InChI=1S/C18H17Cl4NOS/c19-13-5-4-12(17(22)10-13)11-25-9-8-23-18(24)7-6-14-15(20)2-1-3-16(14)21/h1-5,10H,6-9,11H2,(H,23,24). The minimum Gasteiger partial charge on any atom is -0.355 e. The molecule has 2 aromatic rings. The summed E-state index contributed by atoms with van der Waals surface area (Å²) in [6, 6.07) is 10.8. The topological polar surface area (TPSA) is 29.1 Å². The van der Waals surface area contributed by atoms with Crippen LogP contribution < -0.4 is 5.32 Å². The third-order valence-corrected chi connectivity index (χ3v) is 5.81. The molecule has 0 unspecified atom stereocenters. The summed E-state index contributed by atoms with van der Waals surface area (Å²) in [6.45, 7) is 0.602. The van der Waals surface area contributed by atoms with Crippen molar-refractivity contribution in [3.8, 4) is 0 Å². The zero-order chi connectivity index (χ0) is 18.2. The summed E-state index contributed by atoms with van der Waals surface area (Å²) in [4.78, 5) is 11.9. The van der Waals surface area contributed by atoms with Crippen molar-refractivity contribution in [1.29, 1.82) is 0 Å². The van der Waals surface area contributed by atoms with Gasteiger partial charge in [-0.15, -0.1) is 0 Å². The van der Waals surface area contributed by atoms with Gasteiger partial charge in [-0.2, -0.15) is 11.8 Å². The molecule has 2 rings (SSSR count). The van der Waals surface area contributed by atoms with Gasteiger partial charge >= 0.3 is 0 Å². The lowest BCUT2D eigenvalue weighted by atomic mass is 10.1. The average molecular weight is 437 g/mol. The van der Waals surface area contributed by atoms with E-state index in [1.165, 1.54) is 0 Å². The summed E-state index contributed by atoms with van der Waals surface area (Å²) in [5, 5.41) is 5.38. The minimum absolute atomic E-state index is 0.0129. The van der Waals surface area contributed by atoms with Gasteiger partial charge in [-0.05, 0) is 41.8 Å². The van der Waals surface area contributed by atoms with Gasteiger partial charge in [0, 0.05) is 44.6 Å². The highest BCUT2D eigenvalue weighted by atomic mass is 35.5. The van der Waals surface area contributed by atoms with Crippen molar-refractivity contribution in [2.24, 2.45) is 0 Å². The van der Waals surface area contributed by atoms with Crippen molar-refractivity contribution < 1.29 is 4.79 Å². The molecule has 0 aliphatic rings. The summed E-state index contributed by atoms with van der Waals surface area (Å²) in [5.41, 5.74) is 1.85. The molecule has 0 atom stereocenters.